The summed E-state index contributed by atoms with van der Waals surface area (Å²) in [5.41, 5.74) is 1.79. The Hall–Kier alpha value is -2.09. The highest BCUT2D eigenvalue weighted by Crippen LogP contribution is 2.20. The lowest BCUT2D eigenvalue weighted by atomic mass is 10.3. The van der Waals surface area contributed by atoms with Crippen molar-refractivity contribution in [2.24, 2.45) is 0 Å². The summed E-state index contributed by atoms with van der Waals surface area (Å²) < 4.78 is 0. The van der Waals surface area contributed by atoms with Gasteiger partial charge in [-0.3, -0.25) is 19.5 Å². The average Bonchev–Trinajstić information content (AvgIpc) is 2.71. The Morgan fingerprint density at radius 2 is 1.79 bits per heavy atom. The molecule has 0 radical (unpaired) electrons. The van der Waals surface area contributed by atoms with Gasteiger partial charge in [-0.15, -0.1) is 11.8 Å². The van der Waals surface area contributed by atoms with E-state index in [1.54, 1.807) is 36.3 Å². The summed E-state index contributed by atoms with van der Waals surface area (Å²) in [7, 11) is 0. The van der Waals surface area contributed by atoms with Crippen LogP contribution in [0.3, 0.4) is 0 Å². The molecule has 3 rings (SSSR count). The molecule has 6 nitrogen and oxygen atoms in total. The van der Waals surface area contributed by atoms with Crippen molar-refractivity contribution in [3.63, 3.8) is 0 Å². The second-order valence-corrected chi connectivity index (χ2v) is 7.93. The molecule has 0 spiro atoms. The van der Waals surface area contributed by atoms with Crippen molar-refractivity contribution in [3.8, 4) is 0 Å². The maximum absolute atomic E-state index is 12.4. The molecule has 1 aliphatic rings. The lowest BCUT2D eigenvalue weighted by Gasteiger charge is -2.34. The predicted octanol–water partition coefficient (Wildman–Crippen LogP) is 2.75. The number of para-hydroxylation sites is 1. The van der Waals surface area contributed by atoms with Gasteiger partial charge in [-0.25, -0.2) is 0 Å². The number of rotatable bonds is 7. The van der Waals surface area contributed by atoms with Crippen LogP contribution in [0, 0.1) is 0 Å². The van der Waals surface area contributed by atoms with E-state index in [1.165, 1.54) is 5.56 Å². The minimum Gasteiger partial charge on any atom is -0.339 e. The van der Waals surface area contributed by atoms with Crippen molar-refractivity contribution in [1.29, 1.82) is 0 Å². The summed E-state index contributed by atoms with van der Waals surface area (Å²) in [6.07, 6.45) is 3.53. The summed E-state index contributed by atoms with van der Waals surface area (Å²) in [5.74, 6) is 1.33. The van der Waals surface area contributed by atoms with Gasteiger partial charge < -0.3 is 10.2 Å². The summed E-state index contributed by atoms with van der Waals surface area (Å²) >= 11 is 7.68. The maximum Gasteiger partial charge on any atom is 0.238 e. The summed E-state index contributed by atoms with van der Waals surface area (Å²) in [5, 5.41) is 3.36. The molecule has 28 heavy (non-hydrogen) atoms. The minimum atomic E-state index is -0.0965. The van der Waals surface area contributed by atoms with Gasteiger partial charge in [0, 0.05) is 44.3 Å². The second-order valence-electron chi connectivity index (χ2n) is 6.53. The zero-order chi connectivity index (χ0) is 19.8. The minimum absolute atomic E-state index is 0.0965. The molecule has 2 heterocycles. The Morgan fingerprint density at radius 3 is 2.50 bits per heavy atom. The first-order valence-corrected chi connectivity index (χ1v) is 10.7. The van der Waals surface area contributed by atoms with Gasteiger partial charge in [0.2, 0.25) is 11.8 Å². The summed E-state index contributed by atoms with van der Waals surface area (Å²) in [4.78, 5) is 32.5. The highest BCUT2D eigenvalue weighted by Gasteiger charge is 2.22. The van der Waals surface area contributed by atoms with Crippen LogP contribution in [-0.4, -0.2) is 65.1 Å². The van der Waals surface area contributed by atoms with Crippen LogP contribution in [0.5, 0.6) is 0 Å². The monoisotopic (exact) mass is 418 g/mol. The van der Waals surface area contributed by atoms with Crippen LogP contribution in [-0.2, 0) is 15.3 Å². The quantitative estimate of drug-likeness (QED) is 0.749. The third kappa shape index (κ3) is 6.22. The van der Waals surface area contributed by atoms with Crippen molar-refractivity contribution in [2.75, 3.05) is 43.8 Å². The molecule has 8 heteroatoms. The largest absolute Gasteiger partial charge is 0.339 e. The van der Waals surface area contributed by atoms with Crippen molar-refractivity contribution < 1.29 is 9.59 Å². The van der Waals surface area contributed by atoms with Crippen LogP contribution < -0.4 is 5.32 Å². The third-order valence-corrected chi connectivity index (χ3v) is 5.80. The Balaban J connectivity index is 1.36. The molecular weight excluding hydrogens is 396 g/mol. The molecule has 2 amide bonds. The van der Waals surface area contributed by atoms with Crippen molar-refractivity contribution in [3.05, 3.63) is 59.4 Å². The highest BCUT2D eigenvalue weighted by molar-refractivity contribution is 7.99. The van der Waals surface area contributed by atoms with Crippen LogP contribution in [0.4, 0.5) is 5.69 Å². The molecule has 1 aliphatic heterocycles. The van der Waals surface area contributed by atoms with Gasteiger partial charge in [0.05, 0.1) is 23.0 Å². The standard InChI is InChI=1S/C20H23ClN4O2S/c21-17-3-1-2-4-18(17)23-19(26)13-24-9-11-25(12-10-24)20(27)15-28-14-16-5-7-22-8-6-16/h1-8H,9-15H2,(H,23,26). The number of carbonyl (C=O) groups is 2. The van der Waals surface area contributed by atoms with Gasteiger partial charge in [0.1, 0.15) is 0 Å². The number of carbonyl (C=O) groups excluding carboxylic acids is 2. The number of piperazine rings is 1. The van der Waals surface area contributed by atoms with Gasteiger partial charge in [0.25, 0.3) is 0 Å². The molecule has 1 saturated heterocycles. The predicted molar refractivity (Wildman–Crippen MR) is 114 cm³/mol. The Kier molecular flexibility index (Phi) is 7.71. The lowest BCUT2D eigenvalue weighted by molar-refractivity contribution is -0.130. The van der Waals surface area contributed by atoms with Crippen LogP contribution in [0.2, 0.25) is 5.02 Å². The third-order valence-electron chi connectivity index (χ3n) is 4.48. The molecule has 0 atom stereocenters. The zero-order valence-electron chi connectivity index (χ0n) is 15.5. The molecular formula is C20H23ClN4O2S. The fourth-order valence-electron chi connectivity index (χ4n) is 2.94. The summed E-state index contributed by atoms with van der Waals surface area (Å²) in [6, 6.07) is 11.1. The van der Waals surface area contributed by atoms with Crippen molar-refractivity contribution in [2.45, 2.75) is 5.75 Å². The molecule has 0 bridgehead atoms. The van der Waals surface area contributed by atoms with E-state index in [0.717, 1.165) is 5.75 Å². The zero-order valence-corrected chi connectivity index (χ0v) is 17.1. The van der Waals surface area contributed by atoms with Crippen LogP contribution in [0.1, 0.15) is 5.56 Å². The number of amides is 2. The molecule has 0 unspecified atom stereocenters. The number of anilines is 1. The number of hydrogen-bond acceptors (Lipinski definition) is 5. The molecule has 2 aromatic rings. The second kappa shape index (κ2) is 10.5. The van der Waals surface area contributed by atoms with E-state index in [2.05, 4.69) is 15.2 Å². The number of halogens is 1. The SMILES string of the molecule is O=C(CN1CCN(C(=O)CSCc2ccncc2)CC1)Nc1ccccc1Cl. The number of nitrogens with zero attached hydrogens (tertiary/aromatic N) is 3. The van der Waals surface area contributed by atoms with Gasteiger partial charge in [-0.05, 0) is 29.8 Å². The molecule has 1 aromatic carbocycles. The highest BCUT2D eigenvalue weighted by atomic mass is 35.5. The number of pyridine rings is 1. The first kappa shape index (κ1) is 20.6. The average molecular weight is 419 g/mol. The van der Waals surface area contributed by atoms with Gasteiger partial charge in [-0.1, -0.05) is 23.7 Å². The fraction of sp³-hybridized carbons (Fsp3) is 0.350. The van der Waals surface area contributed by atoms with E-state index in [1.807, 2.05) is 29.2 Å². The number of aromatic nitrogens is 1. The summed E-state index contributed by atoms with van der Waals surface area (Å²) in [6.45, 7) is 2.97. The first-order valence-electron chi connectivity index (χ1n) is 9.13. The lowest BCUT2D eigenvalue weighted by Crippen LogP contribution is -2.50. The van der Waals surface area contributed by atoms with E-state index in [-0.39, 0.29) is 11.8 Å². The number of nitrogens with one attached hydrogen (secondary N) is 1. The molecule has 1 N–H and O–H groups in total. The fourth-order valence-corrected chi connectivity index (χ4v) is 4.01. The Morgan fingerprint density at radius 1 is 1.07 bits per heavy atom. The van der Waals surface area contributed by atoms with E-state index < -0.39 is 0 Å². The first-order chi connectivity index (χ1) is 13.6. The number of thioether (sulfide) groups is 1. The maximum atomic E-state index is 12.4. The molecule has 1 fully saturated rings. The van der Waals surface area contributed by atoms with Crippen molar-refractivity contribution >= 4 is 40.9 Å². The van der Waals surface area contributed by atoms with Gasteiger partial charge >= 0.3 is 0 Å². The Labute approximate surface area is 174 Å². The van der Waals surface area contributed by atoms with E-state index in [0.29, 0.717) is 49.2 Å². The van der Waals surface area contributed by atoms with E-state index in [9.17, 15) is 9.59 Å². The number of benzene rings is 1. The molecule has 0 aliphatic carbocycles. The number of hydrogen-bond donors (Lipinski definition) is 1. The van der Waals surface area contributed by atoms with Gasteiger partial charge in [-0.2, -0.15) is 0 Å². The van der Waals surface area contributed by atoms with Gasteiger partial charge in [0.15, 0.2) is 0 Å². The van der Waals surface area contributed by atoms with E-state index in [4.69, 9.17) is 11.6 Å². The van der Waals surface area contributed by atoms with Crippen molar-refractivity contribution in [1.82, 2.24) is 14.8 Å². The normalized spacial score (nSPS) is 14.7. The van der Waals surface area contributed by atoms with E-state index >= 15 is 0 Å². The molecule has 1 aromatic heterocycles. The van der Waals surface area contributed by atoms with Crippen LogP contribution >= 0.6 is 23.4 Å². The topological polar surface area (TPSA) is 65.5 Å². The molecule has 148 valence electrons. The smallest absolute Gasteiger partial charge is 0.238 e. The van der Waals surface area contributed by atoms with Crippen LogP contribution in [0.25, 0.3) is 0 Å². The van der Waals surface area contributed by atoms with Crippen LogP contribution in [0.15, 0.2) is 48.8 Å². The molecule has 0 saturated carbocycles. The Bertz CT molecular complexity index is 798.